The second-order valence-corrected chi connectivity index (χ2v) is 5.94. The number of halogens is 1. The molecule has 3 aromatic rings. The highest BCUT2D eigenvalue weighted by Gasteiger charge is 2.17. The summed E-state index contributed by atoms with van der Waals surface area (Å²) in [5.74, 6) is -1.33. The van der Waals surface area contributed by atoms with E-state index in [2.05, 4.69) is 15.5 Å². The van der Waals surface area contributed by atoms with Crippen LogP contribution >= 0.6 is 11.6 Å². The SMILES string of the molecule is Cc1ccc(NC(=O)COC(=O)c2n[nH]c(=O)c3ccccc23)cc1Cl. The predicted octanol–water partition coefficient (Wildman–Crippen LogP) is 2.68. The molecule has 26 heavy (non-hydrogen) atoms. The predicted molar refractivity (Wildman–Crippen MR) is 97.5 cm³/mol. The second kappa shape index (κ2) is 7.37. The number of H-pyrrole nitrogens is 1. The minimum atomic E-state index is -0.811. The van der Waals surface area contributed by atoms with E-state index >= 15 is 0 Å². The summed E-state index contributed by atoms with van der Waals surface area (Å²) in [6.45, 7) is 1.34. The molecule has 0 saturated heterocycles. The maximum atomic E-state index is 12.2. The molecule has 132 valence electrons. The van der Waals surface area contributed by atoms with Crippen LogP contribution in [0, 0.1) is 6.92 Å². The van der Waals surface area contributed by atoms with Crippen molar-refractivity contribution >= 4 is 39.9 Å². The first-order chi connectivity index (χ1) is 12.5. The van der Waals surface area contributed by atoms with Crippen LogP contribution in [0.1, 0.15) is 16.1 Å². The molecule has 3 rings (SSSR count). The minimum Gasteiger partial charge on any atom is -0.451 e. The number of esters is 1. The van der Waals surface area contributed by atoms with E-state index in [1.165, 1.54) is 0 Å². The van der Waals surface area contributed by atoms with E-state index in [0.717, 1.165) is 5.56 Å². The molecule has 0 spiro atoms. The lowest BCUT2D eigenvalue weighted by atomic mass is 10.1. The van der Waals surface area contributed by atoms with Crippen LogP contribution in [0.4, 0.5) is 5.69 Å². The molecule has 0 saturated carbocycles. The van der Waals surface area contributed by atoms with E-state index < -0.39 is 24.0 Å². The van der Waals surface area contributed by atoms with E-state index in [4.69, 9.17) is 16.3 Å². The number of hydrogen-bond donors (Lipinski definition) is 2. The summed E-state index contributed by atoms with van der Waals surface area (Å²) < 4.78 is 5.00. The number of aromatic nitrogens is 2. The first-order valence-corrected chi connectivity index (χ1v) is 8.04. The molecule has 1 heterocycles. The van der Waals surface area contributed by atoms with Crippen LogP contribution in [-0.4, -0.2) is 28.7 Å². The van der Waals surface area contributed by atoms with Crippen LogP contribution in [0.2, 0.25) is 5.02 Å². The number of anilines is 1. The van der Waals surface area contributed by atoms with Crippen molar-refractivity contribution in [3.63, 3.8) is 0 Å². The fourth-order valence-electron chi connectivity index (χ4n) is 2.34. The van der Waals surface area contributed by atoms with Gasteiger partial charge in [-0.3, -0.25) is 9.59 Å². The Hall–Kier alpha value is -3.19. The van der Waals surface area contributed by atoms with Crippen molar-refractivity contribution in [2.75, 3.05) is 11.9 Å². The lowest BCUT2D eigenvalue weighted by Gasteiger charge is -2.08. The molecule has 0 fully saturated rings. The number of hydrogen-bond acceptors (Lipinski definition) is 5. The molecule has 0 atom stereocenters. The van der Waals surface area contributed by atoms with Gasteiger partial charge < -0.3 is 10.1 Å². The molecule has 2 N–H and O–H groups in total. The van der Waals surface area contributed by atoms with Crippen molar-refractivity contribution < 1.29 is 14.3 Å². The van der Waals surface area contributed by atoms with Gasteiger partial charge in [-0.2, -0.15) is 5.10 Å². The Balaban J connectivity index is 1.69. The van der Waals surface area contributed by atoms with Gasteiger partial charge in [-0.25, -0.2) is 9.89 Å². The number of carbonyl (C=O) groups is 2. The number of rotatable bonds is 4. The molecule has 1 aromatic heterocycles. The van der Waals surface area contributed by atoms with Crippen LogP contribution in [0.15, 0.2) is 47.3 Å². The van der Waals surface area contributed by atoms with Crippen molar-refractivity contribution in [2.45, 2.75) is 6.92 Å². The molecular formula is C18H14ClN3O4. The van der Waals surface area contributed by atoms with Gasteiger partial charge in [0.25, 0.3) is 11.5 Å². The van der Waals surface area contributed by atoms with E-state index in [-0.39, 0.29) is 5.69 Å². The Morgan fingerprint density at radius 3 is 2.65 bits per heavy atom. The quantitative estimate of drug-likeness (QED) is 0.686. The van der Waals surface area contributed by atoms with Crippen LogP contribution in [-0.2, 0) is 9.53 Å². The fourth-order valence-corrected chi connectivity index (χ4v) is 2.52. The molecule has 8 heteroatoms. The number of nitrogens with one attached hydrogen (secondary N) is 2. The number of aryl methyl sites for hydroxylation is 1. The molecule has 0 radical (unpaired) electrons. The summed E-state index contributed by atoms with van der Waals surface area (Å²) in [6, 6.07) is 11.6. The van der Waals surface area contributed by atoms with Crippen LogP contribution in [0.5, 0.6) is 0 Å². The maximum Gasteiger partial charge on any atom is 0.359 e. The van der Waals surface area contributed by atoms with Crippen molar-refractivity contribution in [1.29, 1.82) is 0 Å². The average molecular weight is 372 g/mol. The topological polar surface area (TPSA) is 101 Å². The summed E-state index contributed by atoms with van der Waals surface area (Å²) in [6.07, 6.45) is 0. The molecular weight excluding hydrogens is 358 g/mol. The molecule has 0 bridgehead atoms. The van der Waals surface area contributed by atoms with Crippen molar-refractivity contribution in [1.82, 2.24) is 10.2 Å². The zero-order valence-corrected chi connectivity index (χ0v) is 14.5. The molecule has 0 unspecified atom stereocenters. The van der Waals surface area contributed by atoms with Crippen LogP contribution < -0.4 is 10.9 Å². The summed E-state index contributed by atoms with van der Waals surface area (Å²) in [5, 5.41) is 9.74. The van der Waals surface area contributed by atoms with Gasteiger partial charge in [0.15, 0.2) is 12.3 Å². The van der Waals surface area contributed by atoms with E-state index in [1.54, 1.807) is 42.5 Å². The first kappa shape index (κ1) is 17.6. The third-order valence-corrected chi connectivity index (χ3v) is 4.09. The van der Waals surface area contributed by atoms with E-state index in [0.29, 0.717) is 21.5 Å². The fraction of sp³-hybridized carbons (Fsp3) is 0.111. The van der Waals surface area contributed by atoms with E-state index in [1.807, 2.05) is 6.92 Å². The molecule has 0 aliphatic carbocycles. The Morgan fingerprint density at radius 1 is 1.19 bits per heavy atom. The number of nitrogens with zero attached hydrogens (tertiary/aromatic N) is 1. The van der Waals surface area contributed by atoms with Gasteiger partial charge in [-0.1, -0.05) is 35.9 Å². The van der Waals surface area contributed by atoms with Gasteiger partial charge in [0.1, 0.15) is 0 Å². The minimum absolute atomic E-state index is 0.0635. The standard InChI is InChI=1S/C18H14ClN3O4/c1-10-6-7-11(8-14(10)19)20-15(23)9-26-18(25)16-12-4-2-3-5-13(12)17(24)22-21-16/h2-8H,9H2,1H3,(H,20,23)(H,22,24). The number of carbonyl (C=O) groups excluding carboxylic acids is 2. The summed E-state index contributed by atoms with van der Waals surface area (Å²) in [7, 11) is 0. The number of fused-ring (bicyclic) bond motifs is 1. The van der Waals surface area contributed by atoms with Gasteiger partial charge in [-0.05, 0) is 30.7 Å². The number of amides is 1. The average Bonchev–Trinajstić information content (AvgIpc) is 2.63. The third kappa shape index (κ3) is 3.73. The highest BCUT2D eigenvalue weighted by molar-refractivity contribution is 6.31. The third-order valence-electron chi connectivity index (χ3n) is 3.68. The lowest BCUT2D eigenvalue weighted by Crippen LogP contribution is -2.22. The van der Waals surface area contributed by atoms with Crippen molar-refractivity contribution in [2.24, 2.45) is 0 Å². The second-order valence-electron chi connectivity index (χ2n) is 5.54. The monoisotopic (exact) mass is 371 g/mol. The summed E-state index contributed by atoms with van der Waals surface area (Å²) >= 11 is 6.00. The number of ether oxygens (including phenoxy) is 1. The maximum absolute atomic E-state index is 12.2. The van der Waals surface area contributed by atoms with Gasteiger partial charge >= 0.3 is 5.97 Å². The molecule has 1 amide bonds. The number of aromatic amines is 1. The Bertz CT molecular complexity index is 1060. The zero-order chi connectivity index (χ0) is 18.7. The largest absolute Gasteiger partial charge is 0.451 e. The Kier molecular flexibility index (Phi) is 4.99. The van der Waals surface area contributed by atoms with Gasteiger partial charge in [0.2, 0.25) is 0 Å². The Morgan fingerprint density at radius 2 is 1.92 bits per heavy atom. The van der Waals surface area contributed by atoms with Crippen molar-refractivity contribution in [3.05, 3.63) is 69.1 Å². The normalized spacial score (nSPS) is 10.5. The molecule has 0 aliphatic heterocycles. The summed E-state index contributed by atoms with van der Waals surface area (Å²) in [4.78, 5) is 35.9. The van der Waals surface area contributed by atoms with Gasteiger partial charge in [-0.15, -0.1) is 0 Å². The smallest absolute Gasteiger partial charge is 0.359 e. The number of benzene rings is 2. The van der Waals surface area contributed by atoms with Crippen LogP contribution in [0.3, 0.4) is 0 Å². The lowest BCUT2D eigenvalue weighted by molar-refractivity contribution is -0.119. The highest BCUT2D eigenvalue weighted by atomic mass is 35.5. The van der Waals surface area contributed by atoms with Gasteiger partial charge in [0, 0.05) is 16.1 Å². The van der Waals surface area contributed by atoms with Crippen molar-refractivity contribution in [3.8, 4) is 0 Å². The first-order valence-electron chi connectivity index (χ1n) is 7.66. The molecule has 0 aliphatic rings. The highest BCUT2D eigenvalue weighted by Crippen LogP contribution is 2.20. The van der Waals surface area contributed by atoms with Gasteiger partial charge in [0.05, 0.1) is 5.39 Å². The molecule has 2 aromatic carbocycles. The summed E-state index contributed by atoms with van der Waals surface area (Å²) in [5.41, 5.74) is 0.902. The Labute approximate surface area is 152 Å². The molecule has 7 nitrogen and oxygen atoms in total. The van der Waals surface area contributed by atoms with E-state index in [9.17, 15) is 14.4 Å². The van der Waals surface area contributed by atoms with Crippen LogP contribution in [0.25, 0.3) is 10.8 Å². The zero-order valence-electron chi connectivity index (χ0n) is 13.7.